The Morgan fingerprint density at radius 1 is 0.714 bits per heavy atom. The molecule has 49 heavy (non-hydrogen) atoms. The predicted molar refractivity (Wildman–Crippen MR) is 207 cm³/mol. The lowest BCUT2D eigenvalue weighted by molar-refractivity contribution is 0.469. The van der Waals surface area contributed by atoms with E-state index in [1.54, 1.807) is 21.6 Å². The quantitative estimate of drug-likeness (QED) is 0.180. The van der Waals surface area contributed by atoms with Crippen LogP contribution in [0.25, 0.3) is 38.6 Å². The summed E-state index contributed by atoms with van der Waals surface area (Å²) in [5, 5.41) is 3.16. The van der Waals surface area contributed by atoms with Crippen LogP contribution in [0.3, 0.4) is 0 Å². The number of hydrogen-bond donors (Lipinski definition) is 0. The van der Waals surface area contributed by atoms with Gasteiger partial charge in [-0.25, -0.2) is 0 Å². The molecular formula is C46H38N2S. The molecule has 1 aromatic heterocycles. The van der Waals surface area contributed by atoms with E-state index >= 15 is 0 Å². The van der Waals surface area contributed by atoms with E-state index in [1.807, 2.05) is 0 Å². The number of anilines is 1. The van der Waals surface area contributed by atoms with Crippen LogP contribution in [0.1, 0.15) is 25.7 Å². The Morgan fingerprint density at radius 2 is 1.53 bits per heavy atom. The molecule has 0 saturated carbocycles. The monoisotopic (exact) mass is 650 g/mol. The fourth-order valence-electron chi connectivity index (χ4n) is 10.1. The first-order valence-corrected chi connectivity index (χ1v) is 19.0. The summed E-state index contributed by atoms with van der Waals surface area (Å²) in [6.45, 7) is 0. The summed E-state index contributed by atoms with van der Waals surface area (Å²) < 4.78 is 2.40. The maximum Gasteiger partial charge on any atom is 0.0652 e. The third kappa shape index (κ3) is 4.15. The van der Waals surface area contributed by atoms with Crippen molar-refractivity contribution in [1.29, 1.82) is 0 Å². The molecule has 6 atom stereocenters. The van der Waals surface area contributed by atoms with E-state index in [2.05, 4.69) is 167 Å². The molecule has 2 aliphatic heterocycles. The van der Waals surface area contributed by atoms with Crippen LogP contribution < -0.4 is 4.90 Å². The van der Waals surface area contributed by atoms with Gasteiger partial charge < -0.3 is 9.47 Å². The maximum atomic E-state index is 2.82. The van der Waals surface area contributed by atoms with Crippen LogP contribution in [-0.2, 0) is 0 Å². The number of allylic oxidation sites excluding steroid dienone is 7. The van der Waals surface area contributed by atoms with Crippen LogP contribution in [0.15, 0.2) is 167 Å². The lowest BCUT2D eigenvalue weighted by atomic mass is 9.70. The molecule has 3 heterocycles. The largest absolute Gasteiger partial charge is 0.357 e. The standard InChI is InChI=1S/C46H38N2S/c1-2-10-31(11-3-1)47-40-15-7-5-13-34(40)39-28-30(20-26-42(39)47)29-18-21-32(22-19-29)48-41-16-8-4-12-33(41)36-24-23-35-37(46(36)48)25-27-44-45(35)38-14-6-9-17-43(38)49-44/h1-3,5-7,9-13,15,17-28,36,38,41,44-46H,4,8,14,16H2. The zero-order valence-electron chi connectivity index (χ0n) is 27.5. The van der Waals surface area contributed by atoms with E-state index in [1.165, 1.54) is 70.0 Å². The Balaban J connectivity index is 0.982. The maximum absolute atomic E-state index is 2.82. The Labute approximate surface area is 292 Å². The number of aromatic nitrogens is 1. The number of hydrogen-bond acceptors (Lipinski definition) is 2. The summed E-state index contributed by atoms with van der Waals surface area (Å²) in [6, 6.07) is 37.0. The van der Waals surface area contributed by atoms with Crippen molar-refractivity contribution in [3.8, 4) is 16.8 Å². The summed E-state index contributed by atoms with van der Waals surface area (Å²) in [6.07, 6.45) is 24.7. The second kappa shape index (κ2) is 10.9. The van der Waals surface area contributed by atoms with Crippen molar-refractivity contribution in [2.24, 2.45) is 17.8 Å². The van der Waals surface area contributed by atoms with Gasteiger partial charge in [-0.05, 0) is 101 Å². The van der Waals surface area contributed by atoms with Gasteiger partial charge in [-0.15, -0.1) is 11.8 Å². The molecule has 2 nitrogen and oxygen atoms in total. The smallest absolute Gasteiger partial charge is 0.0652 e. The minimum absolute atomic E-state index is 0.370. The highest BCUT2D eigenvalue weighted by Crippen LogP contribution is 2.58. The zero-order valence-corrected chi connectivity index (χ0v) is 28.3. The lowest BCUT2D eigenvalue weighted by Crippen LogP contribution is -2.41. The molecule has 3 heteroatoms. The van der Waals surface area contributed by atoms with Crippen molar-refractivity contribution < 1.29 is 0 Å². The molecule has 2 saturated heterocycles. The van der Waals surface area contributed by atoms with Crippen molar-refractivity contribution >= 4 is 39.3 Å². The van der Waals surface area contributed by atoms with Crippen LogP contribution in [0, 0.1) is 17.8 Å². The first kappa shape index (κ1) is 28.1. The fraction of sp³-hybridized carbons (Fsp3) is 0.217. The summed E-state index contributed by atoms with van der Waals surface area (Å²) in [5.41, 5.74) is 12.4. The van der Waals surface area contributed by atoms with E-state index in [9.17, 15) is 0 Å². The summed E-state index contributed by atoms with van der Waals surface area (Å²) in [4.78, 5) is 4.41. The van der Waals surface area contributed by atoms with Crippen molar-refractivity contribution in [3.05, 3.63) is 167 Å². The van der Waals surface area contributed by atoms with Crippen LogP contribution in [0.2, 0.25) is 0 Å². The highest BCUT2D eigenvalue weighted by Gasteiger charge is 2.51. The third-order valence-electron chi connectivity index (χ3n) is 12.2. The van der Waals surface area contributed by atoms with Gasteiger partial charge in [0.15, 0.2) is 0 Å². The second-order valence-electron chi connectivity index (χ2n) is 14.6. The number of nitrogens with zero attached hydrogens (tertiary/aromatic N) is 2. The summed E-state index contributed by atoms with van der Waals surface area (Å²) in [5.74, 6) is 1.68. The molecule has 6 aliphatic rings. The number of para-hydroxylation sites is 2. The zero-order chi connectivity index (χ0) is 32.1. The second-order valence-corrected chi connectivity index (χ2v) is 15.8. The van der Waals surface area contributed by atoms with Crippen molar-refractivity contribution in [1.82, 2.24) is 4.57 Å². The molecule has 0 amide bonds. The molecular weight excluding hydrogens is 613 g/mol. The minimum Gasteiger partial charge on any atom is -0.357 e. The Kier molecular flexibility index (Phi) is 6.25. The lowest BCUT2D eigenvalue weighted by Gasteiger charge is -2.39. The number of benzene rings is 4. The summed E-state index contributed by atoms with van der Waals surface area (Å²) in [7, 11) is 0. The van der Waals surface area contributed by atoms with Crippen molar-refractivity contribution in [2.75, 3.05) is 4.90 Å². The average Bonchev–Trinajstić information content (AvgIpc) is 3.83. The molecule has 5 aromatic rings. The van der Waals surface area contributed by atoms with E-state index in [0.29, 0.717) is 35.1 Å². The van der Waals surface area contributed by atoms with Gasteiger partial charge in [0.2, 0.25) is 0 Å². The Morgan fingerprint density at radius 3 is 2.45 bits per heavy atom. The minimum atomic E-state index is 0.370. The number of fused-ring (bicyclic) bond motifs is 11. The van der Waals surface area contributed by atoms with Gasteiger partial charge in [-0.3, -0.25) is 0 Å². The molecule has 0 radical (unpaired) electrons. The normalized spacial score (nSPS) is 27.9. The molecule has 2 fully saturated rings. The molecule has 6 unspecified atom stereocenters. The Bertz CT molecular complexity index is 2350. The SMILES string of the molecule is C1=CCC2C(=C1)SC1C=CC3=C(C=CC4C5=CCCCC5N(c5ccc(-c6ccc7c(c6)c6ccccc6n7-c6ccccc6)cc5)C34)C12. The molecule has 0 spiro atoms. The van der Waals surface area contributed by atoms with Crippen molar-refractivity contribution in [3.63, 3.8) is 0 Å². The predicted octanol–water partition coefficient (Wildman–Crippen LogP) is 11.4. The van der Waals surface area contributed by atoms with E-state index in [0.717, 1.165) is 0 Å². The summed E-state index contributed by atoms with van der Waals surface area (Å²) >= 11 is 2.11. The molecule has 11 rings (SSSR count). The van der Waals surface area contributed by atoms with E-state index < -0.39 is 0 Å². The third-order valence-corrected chi connectivity index (χ3v) is 13.6. The van der Waals surface area contributed by atoms with Gasteiger partial charge in [0.25, 0.3) is 0 Å². The van der Waals surface area contributed by atoms with Crippen LogP contribution in [0.5, 0.6) is 0 Å². The van der Waals surface area contributed by atoms with Crippen LogP contribution >= 0.6 is 11.8 Å². The molecule has 4 aliphatic carbocycles. The molecule has 0 N–H and O–H groups in total. The molecule has 4 aromatic carbocycles. The van der Waals surface area contributed by atoms with Gasteiger partial charge in [0, 0.05) is 45.2 Å². The van der Waals surface area contributed by atoms with Gasteiger partial charge in [0.05, 0.1) is 23.1 Å². The van der Waals surface area contributed by atoms with E-state index in [-0.39, 0.29) is 0 Å². The topological polar surface area (TPSA) is 8.17 Å². The van der Waals surface area contributed by atoms with Gasteiger partial charge in [0.1, 0.15) is 0 Å². The van der Waals surface area contributed by atoms with Gasteiger partial charge >= 0.3 is 0 Å². The molecule has 0 bridgehead atoms. The van der Waals surface area contributed by atoms with Crippen molar-refractivity contribution in [2.45, 2.75) is 43.0 Å². The first-order valence-electron chi connectivity index (χ1n) is 18.1. The Hall–Kier alpha value is -4.73. The average molecular weight is 651 g/mol. The number of rotatable bonds is 3. The highest BCUT2D eigenvalue weighted by molar-refractivity contribution is 8.04. The molecule has 238 valence electrons. The number of thioether (sulfide) groups is 1. The van der Waals surface area contributed by atoms with Gasteiger partial charge in [-0.1, -0.05) is 103 Å². The highest BCUT2D eigenvalue weighted by atomic mass is 32.2. The first-order chi connectivity index (χ1) is 24.3. The van der Waals surface area contributed by atoms with Crippen LogP contribution in [0.4, 0.5) is 5.69 Å². The van der Waals surface area contributed by atoms with Crippen LogP contribution in [-0.4, -0.2) is 21.9 Å². The van der Waals surface area contributed by atoms with E-state index in [4.69, 9.17) is 0 Å². The fourth-order valence-corrected chi connectivity index (χ4v) is 11.6. The van der Waals surface area contributed by atoms with Gasteiger partial charge in [-0.2, -0.15) is 0 Å².